The molecule has 0 N–H and O–H groups in total. The molecule has 18 heavy (non-hydrogen) atoms. The summed E-state index contributed by atoms with van der Waals surface area (Å²) >= 11 is 7.26. The second kappa shape index (κ2) is 4.55. The fourth-order valence-electron chi connectivity index (χ4n) is 1.71. The molecule has 5 heteroatoms. The third-order valence-electron chi connectivity index (χ3n) is 2.59. The van der Waals surface area contributed by atoms with E-state index in [9.17, 15) is 0 Å². The molecule has 0 saturated carbocycles. The summed E-state index contributed by atoms with van der Waals surface area (Å²) in [5.74, 6) is 1.45. The normalized spacial score (nSPS) is 10.8. The van der Waals surface area contributed by atoms with Gasteiger partial charge in [-0.05, 0) is 54.4 Å². The molecule has 0 aliphatic carbocycles. The number of hydrogen-bond acceptors (Lipinski definition) is 4. The lowest BCUT2D eigenvalue weighted by atomic mass is 10.1. The number of benzene rings is 1. The van der Waals surface area contributed by atoms with Crippen LogP contribution in [0.3, 0.4) is 0 Å². The Bertz CT molecular complexity index is 676. The Kier molecular flexibility index (Phi) is 2.89. The molecule has 3 aromatic rings. The lowest BCUT2D eigenvalue weighted by Crippen LogP contribution is -1.85. The summed E-state index contributed by atoms with van der Waals surface area (Å²) in [5, 5.41) is 1.50. The van der Waals surface area contributed by atoms with Crippen molar-refractivity contribution in [3.8, 4) is 22.2 Å². The van der Waals surface area contributed by atoms with Crippen molar-refractivity contribution >= 4 is 23.1 Å². The van der Waals surface area contributed by atoms with E-state index in [1.54, 1.807) is 6.26 Å². The van der Waals surface area contributed by atoms with E-state index in [1.807, 2.05) is 37.3 Å². The Hall–Kier alpha value is -1.65. The van der Waals surface area contributed by atoms with Crippen LogP contribution in [0.15, 0.2) is 41.0 Å². The minimum atomic E-state index is 0.709. The minimum Gasteiger partial charge on any atom is -0.462 e. The van der Waals surface area contributed by atoms with E-state index in [4.69, 9.17) is 16.0 Å². The van der Waals surface area contributed by atoms with Gasteiger partial charge in [-0.15, -0.1) is 0 Å². The van der Waals surface area contributed by atoms with Crippen LogP contribution in [-0.4, -0.2) is 9.36 Å². The monoisotopic (exact) mass is 276 g/mol. The van der Waals surface area contributed by atoms with Crippen LogP contribution in [0, 0.1) is 6.92 Å². The van der Waals surface area contributed by atoms with Crippen LogP contribution in [0.2, 0.25) is 5.02 Å². The molecule has 1 aromatic carbocycles. The quantitative estimate of drug-likeness (QED) is 0.695. The van der Waals surface area contributed by atoms with Gasteiger partial charge in [0.1, 0.15) is 0 Å². The second-order valence-corrected chi connectivity index (χ2v) is 5.05. The highest BCUT2D eigenvalue weighted by Crippen LogP contribution is 2.28. The molecule has 0 aliphatic heterocycles. The van der Waals surface area contributed by atoms with E-state index in [0.717, 1.165) is 26.9 Å². The van der Waals surface area contributed by atoms with E-state index in [2.05, 4.69) is 9.36 Å². The third-order valence-corrected chi connectivity index (χ3v) is 3.55. The van der Waals surface area contributed by atoms with E-state index >= 15 is 0 Å². The Morgan fingerprint density at radius 3 is 2.89 bits per heavy atom. The van der Waals surface area contributed by atoms with Gasteiger partial charge >= 0.3 is 0 Å². The van der Waals surface area contributed by atoms with Crippen molar-refractivity contribution in [3.63, 3.8) is 0 Å². The first-order valence-corrected chi connectivity index (χ1v) is 6.53. The van der Waals surface area contributed by atoms with Crippen molar-refractivity contribution in [2.75, 3.05) is 0 Å². The molecule has 0 amide bonds. The van der Waals surface area contributed by atoms with Gasteiger partial charge in [-0.25, -0.2) is 4.98 Å². The van der Waals surface area contributed by atoms with Gasteiger partial charge in [0.15, 0.2) is 16.6 Å². The van der Waals surface area contributed by atoms with Gasteiger partial charge in [-0.2, -0.15) is 4.37 Å². The molecule has 0 unspecified atom stereocenters. The second-order valence-electron chi connectivity index (χ2n) is 3.86. The average Bonchev–Trinajstić information content (AvgIpc) is 2.99. The number of halogens is 1. The molecule has 0 spiro atoms. The predicted octanol–water partition coefficient (Wildman–Crippen LogP) is 4.43. The van der Waals surface area contributed by atoms with Crippen LogP contribution in [0.5, 0.6) is 0 Å². The van der Waals surface area contributed by atoms with Crippen molar-refractivity contribution in [1.29, 1.82) is 0 Å². The van der Waals surface area contributed by atoms with Gasteiger partial charge < -0.3 is 4.42 Å². The zero-order valence-electron chi connectivity index (χ0n) is 9.55. The van der Waals surface area contributed by atoms with Crippen LogP contribution in [0.25, 0.3) is 22.2 Å². The molecular formula is C13H9ClN2OS. The molecule has 90 valence electrons. The molecule has 0 bridgehead atoms. The maximum Gasteiger partial charge on any atom is 0.179 e. The SMILES string of the molecule is Cc1cc(Cl)ccc1-c1nsc(-c2ccco2)n1. The van der Waals surface area contributed by atoms with Gasteiger partial charge in [-0.1, -0.05) is 11.6 Å². The maximum atomic E-state index is 5.94. The minimum absolute atomic E-state index is 0.709. The highest BCUT2D eigenvalue weighted by Gasteiger charge is 2.12. The molecule has 0 aliphatic rings. The molecule has 0 fully saturated rings. The van der Waals surface area contributed by atoms with Gasteiger partial charge in [0.2, 0.25) is 0 Å². The summed E-state index contributed by atoms with van der Waals surface area (Å²) in [6.07, 6.45) is 1.63. The van der Waals surface area contributed by atoms with Crippen LogP contribution < -0.4 is 0 Å². The van der Waals surface area contributed by atoms with E-state index in [1.165, 1.54) is 11.5 Å². The van der Waals surface area contributed by atoms with Crippen molar-refractivity contribution in [3.05, 3.63) is 47.2 Å². The number of nitrogens with zero attached hydrogens (tertiary/aromatic N) is 2. The molecule has 0 atom stereocenters. The molecule has 0 radical (unpaired) electrons. The zero-order chi connectivity index (χ0) is 12.5. The van der Waals surface area contributed by atoms with Crippen molar-refractivity contribution < 1.29 is 4.42 Å². The lowest BCUT2D eigenvalue weighted by molar-refractivity contribution is 0.582. The molecule has 3 rings (SSSR count). The lowest BCUT2D eigenvalue weighted by Gasteiger charge is -2.01. The summed E-state index contributed by atoms with van der Waals surface area (Å²) in [5.41, 5.74) is 2.06. The predicted molar refractivity (Wildman–Crippen MR) is 72.8 cm³/mol. The Labute approximate surface area is 113 Å². The Morgan fingerprint density at radius 1 is 1.28 bits per heavy atom. The molecule has 0 saturated heterocycles. The molecule has 2 aromatic heterocycles. The largest absolute Gasteiger partial charge is 0.462 e. The first-order chi connectivity index (χ1) is 8.74. The molecule has 3 nitrogen and oxygen atoms in total. The maximum absolute atomic E-state index is 5.94. The van der Waals surface area contributed by atoms with Crippen molar-refractivity contribution in [2.45, 2.75) is 6.92 Å². The van der Waals surface area contributed by atoms with Gasteiger partial charge in [0.25, 0.3) is 0 Å². The smallest absolute Gasteiger partial charge is 0.179 e. The number of hydrogen-bond donors (Lipinski definition) is 0. The number of furan rings is 1. The standard InChI is InChI=1S/C13H9ClN2OS/c1-8-7-9(14)4-5-10(8)12-15-13(18-16-12)11-3-2-6-17-11/h2-7H,1H3. The fourth-order valence-corrected chi connectivity index (χ4v) is 2.58. The first-order valence-electron chi connectivity index (χ1n) is 5.38. The molecule has 2 heterocycles. The van der Waals surface area contributed by atoms with Crippen molar-refractivity contribution in [1.82, 2.24) is 9.36 Å². The number of rotatable bonds is 2. The van der Waals surface area contributed by atoms with Crippen LogP contribution in [0.4, 0.5) is 0 Å². The van der Waals surface area contributed by atoms with Gasteiger partial charge in [0, 0.05) is 10.6 Å². The Morgan fingerprint density at radius 2 is 2.17 bits per heavy atom. The highest BCUT2D eigenvalue weighted by atomic mass is 35.5. The van der Waals surface area contributed by atoms with Gasteiger partial charge in [-0.3, -0.25) is 0 Å². The van der Waals surface area contributed by atoms with Crippen LogP contribution in [0.1, 0.15) is 5.56 Å². The van der Waals surface area contributed by atoms with E-state index < -0.39 is 0 Å². The zero-order valence-corrected chi connectivity index (χ0v) is 11.1. The van der Waals surface area contributed by atoms with Crippen LogP contribution in [-0.2, 0) is 0 Å². The fraction of sp³-hybridized carbons (Fsp3) is 0.0769. The summed E-state index contributed by atoms with van der Waals surface area (Å²) in [7, 11) is 0. The van der Waals surface area contributed by atoms with Crippen molar-refractivity contribution in [2.24, 2.45) is 0 Å². The Balaban J connectivity index is 2.03. The highest BCUT2D eigenvalue weighted by molar-refractivity contribution is 7.09. The first kappa shape index (κ1) is 11.4. The number of aryl methyl sites for hydroxylation is 1. The van der Waals surface area contributed by atoms with Crippen LogP contribution >= 0.6 is 23.1 Å². The van der Waals surface area contributed by atoms with E-state index in [0.29, 0.717) is 5.82 Å². The molecular weight excluding hydrogens is 268 g/mol. The number of aromatic nitrogens is 2. The summed E-state index contributed by atoms with van der Waals surface area (Å²) in [6, 6.07) is 9.40. The average molecular weight is 277 g/mol. The summed E-state index contributed by atoms with van der Waals surface area (Å²) in [6.45, 7) is 1.99. The summed E-state index contributed by atoms with van der Waals surface area (Å²) in [4.78, 5) is 4.48. The topological polar surface area (TPSA) is 38.9 Å². The van der Waals surface area contributed by atoms with Gasteiger partial charge in [0.05, 0.1) is 6.26 Å². The summed E-state index contributed by atoms with van der Waals surface area (Å²) < 4.78 is 9.67. The van der Waals surface area contributed by atoms with E-state index in [-0.39, 0.29) is 0 Å². The third kappa shape index (κ3) is 2.05.